The number of hydrogen-bond acceptors (Lipinski definition) is 3. The van der Waals surface area contributed by atoms with Gasteiger partial charge in [0.05, 0.1) is 0 Å². The van der Waals surface area contributed by atoms with E-state index < -0.39 is 5.97 Å². The molecule has 0 bridgehead atoms. The highest BCUT2D eigenvalue weighted by atomic mass is 16.5. The summed E-state index contributed by atoms with van der Waals surface area (Å²) in [6.45, 7) is 4.44. The van der Waals surface area contributed by atoms with Crippen LogP contribution < -0.4 is 0 Å². The third-order valence-electron chi connectivity index (χ3n) is 9.53. The van der Waals surface area contributed by atoms with Crippen LogP contribution in [0.5, 0.6) is 0 Å². The monoisotopic (exact) mass is 699 g/mol. The van der Waals surface area contributed by atoms with Crippen molar-refractivity contribution in [1.29, 1.82) is 0 Å². The van der Waals surface area contributed by atoms with Crippen LogP contribution in [0.2, 0.25) is 0 Å². The molecule has 0 aromatic carbocycles. The summed E-state index contributed by atoms with van der Waals surface area (Å²) >= 11 is 0. The molecule has 4 heteroatoms. The van der Waals surface area contributed by atoms with Crippen molar-refractivity contribution in [1.82, 2.24) is 0 Å². The summed E-state index contributed by atoms with van der Waals surface area (Å²) < 4.78 is 5.88. The molecule has 1 atom stereocenters. The Morgan fingerprint density at radius 1 is 0.440 bits per heavy atom. The van der Waals surface area contributed by atoms with Crippen LogP contribution in [-0.2, 0) is 14.3 Å². The van der Waals surface area contributed by atoms with Gasteiger partial charge in [0.1, 0.15) is 6.10 Å². The van der Waals surface area contributed by atoms with Crippen LogP contribution in [0.25, 0.3) is 0 Å². The number of rotatable bonds is 39. The molecule has 0 aliphatic carbocycles. The number of carboxylic acid groups (broad SMARTS) is 1. The Hall–Kier alpha value is -2.10. The minimum absolute atomic E-state index is 0.00568. The van der Waals surface area contributed by atoms with E-state index in [0.29, 0.717) is 12.8 Å². The standard InChI is InChI=1S/C46H82O4/c1-3-5-6-7-8-9-10-11-12-13-14-18-21-24-27-30-33-36-39-43-46(49)50-44(40-4-2)41-37-34-31-28-25-22-19-16-15-17-20-23-26-29-32-35-38-42-45(47)48/h8-9,11-12,14,18,24,27,44H,3-7,10,13,15-17,19-23,25-26,28-43H2,1-2H3,(H,47,48)/b9-8-,12-11-,18-14-,27-24-. The van der Waals surface area contributed by atoms with Gasteiger partial charge in [0, 0.05) is 12.8 Å². The van der Waals surface area contributed by atoms with Gasteiger partial charge in [0.25, 0.3) is 0 Å². The Morgan fingerprint density at radius 2 is 0.820 bits per heavy atom. The third kappa shape index (κ3) is 40.3. The number of esters is 1. The normalized spacial score (nSPS) is 12.7. The highest BCUT2D eigenvalue weighted by Crippen LogP contribution is 2.17. The first-order valence-corrected chi connectivity index (χ1v) is 21.6. The summed E-state index contributed by atoms with van der Waals surface area (Å²) in [5, 5.41) is 8.66. The predicted molar refractivity (Wildman–Crippen MR) is 218 cm³/mol. The Balaban J connectivity index is 3.59. The van der Waals surface area contributed by atoms with Gasteiger partial charge in [-0.2, -0.15) is 0 Å². The first kappa shape index (κ1) is 47.9. The molecule has 0 radical (unpaired) electrons. The summed E-state index contributed by atoms with van der Waals surface area (Å²) in [6.07, 6.45) is 56.4. The summed E-state index contributed by atoms with van der Waals surface area (Å²) in [5.74, 6) is -0.658. The highest BCUT2D eigenvalue weighted by molar-refractivity contribution is 5.69. The molecule has 0 heterocycles. The van der Waals surface area contributed by atoms with E-state index in [-0.39, 0.29) is 12.1 Å². The van der Waals surface area contributed by atoms with E-state index in [1.54, 1.807) is 0 Å². The molecule has 0 aromatic rings. The van der Waals surface area contributed by atoms with Gasteiger partial charge in [-0.3, -0.25) is 9.59 Å². The lowest BCUT2D eigenvalue weighted by Crippen LogP contribution is -2.18. The molecule has 0 aromatic heterocycles. The van der Waals surface area contributed by atoms with Gasteiger partial charge in [-0.25, -0.2) is 0 Å². The summed E-state index contributed by atoms with van der Waals surface area (Å²) in [7, 11) is 0. The van der Waals surface area contributed by atoms with E-state index >= 15 is 0 Å². The van der Waals surface area contributed by atoms with Crippen molar-refractivity contribution in [3.63, 3.8) is 0 Å². The minimum atomic E-state index is -0.663. The Morgan fingerprint density at radius 3 is 1.26 bits per heavy atom. The molecule has 1 unspecified atom stereocenters. The molecule has 0 saturated carbocycles. The smallest absolute Gasteiger partial charge is 0.306 e. The molecule has 4 nitrogen and oxygen atoms in total. The lowest BCUT2D eigenvalue weighted by molar-refractivity contribution is -0.150. The zero-order chi connectivity index (χ0) is 36.4. The van der Waals surface area contributed by atoms with Crippen LogP contribution in [0.15, 0.2) is 48.6 Å². The maximum absolute atomic E-state index is 12.5. The fourth-order valence-corrected chi connectivity index (χ4v) is 6.40. The predicted octanol–water partition coefficient (Wildman–Crippen LogP) is 15.1. The Kier molecular flexibility index (Phi) is 39.6. The van der Waals surface area contributed by atoms with Crippen molar-refractivity contribution in [3.8, 4) is 0 Å². The Bertz CT molecular complexity index is 839. The number of unbranched alkanes of at least 4 members (excludes halogenated alkanes) is 22. The summed E-state index contributed by atoms with van der Waals surface area (Å²) in [6, 6.07) is 0. The molecule has 0 saturated heterocycles. The van der Waals surface area contributed by atoms with Crippen LogP contribution in [0.4, 0.5) is 0 Å². The molecule has 0 amide bonds. The lowest BCUT2D eigenvalue weighted by Gasteiger charge is -2.17. The first-order valence-electron chi connectivity index (χ1n) is 21.6. The van der Waals surface area contributed by atoms with Gasteiger partial charge in [-0.1, -0.05) is 184 Å². The van der Waals surface area contributed by atoms with Crippen molar-refractivity contribution in [2.45, 2.75) is 232 Å². The van der Waals surface area contributed by atoms with E-state index in [1.165, 1.54) is 122 Å². The molecule has 50 heavy (non-hydrogen) atoms. The van der Waals surface area contributed by atoms with Gasteiger partial charge in [0.2, 0.25) is 0 Å². The molecular weight excluding hydrogens is 617 g/mol. The van der Waals surface area contributed by atoms with Gasteiger partial charge in [-0.05, 0) is 77.0 Å². The van der Waals surface area contributed by atoms with Gasteiger partial charge in [-0.15, -0.1) is 0 Å². The van der Waals surface area contributed by atoms with Crippen molar-refractivity contribution in [2.75, 3.05) is 0 Å². The average molecular weight is 699 g/mol. The van der Waals surface area contributed by atoms with E-state index in [2.05, 4.69) is 62.5 Å². The number of carbonyl (C=O) groups is 2. The van der Waals surface area contributed by atoms with Gasteiger partial charge >= 0.3 is 11.9 Å². The molecule has 1 N–H and O–H groups in total. The van der Waals surface area contributed by atoms with Gasteiger partial charge in [0.15, 0.2) is 0 Å². The number of hydrogen-bond donors (Lipinski definition) is 1. The number of aliphatic carboxylic acids is 1. The first-order chi connectivity index (χ1) is 24.6. The average Bonchev–Trinajstić information content (AvgIpc) is 3.10. The lowest BCUT2D eigenvalue weighted by atomic mass is 10.0. The highest BCUT2D eigenvalue weighted by Gasteiger charge is 2.13. The number of allylic oxidation sites excluding steroid dienone is 8. The number of ether oxygens (including phenoxy) is 1. The largest absolute Gasteiger partial charge is 0.481 e. The second kappa shape index (κ2) is 41.3. The van der Waals surface area contributed by atoms with Crippen LogP contribution in [0.1, 0.15) is 226 Å². The quantitative estimate of drug-likeness (QED) is 0.0394. The van der Waals surface area contributed by atoms with Crippen LogP contribution >= 0.6 is 0 Å². The maximum Gasteiger partial charge on any atom is 0.306 e. The maximum atomic E-state index is 12.5. The van der Waals surface area contributed by atoms with E-state index in [9.17, 15) is 9.59 Å². The van der Waals surface area contributed by atoms with Crippen LogP contribution in [0, 0.1) is 0 Å². The second-order valence-electron chi connectivity index (χ2n) is 14.5. The number of carboxylic acids is 1. The van der Waals surface area contributed by atoms with Crippen molar-refractivity contribution >= 4 is 11.9 Å². The SMILES string of the molecule is CCCCC/C=C\C/C=C\C/C=C\C/C=C\CCCCCC(=O)OC(CCC)CCCCCCCCCCCCCCCCCCCC(=O)O. The molecule has 0 aliphatic rings. The van der Waals surface area contributed by atoms with E-state index in [1.807, 2.05) is 0 Å². The number of carbonyl (C=O) groups excluding carboxylic acids is 1. The van der Waals surface area contributed by atoms with Crippen molar-refractivity contribution in [3.05, 3.63) is 48.6 Å². The molecule has 0 fully saturated rings. The van der Waals surface area contributed by atoms with Crippen molar-refractivity contribution in [2.24, 2.45) is 0 Å². The van der Waals surface area contributed by atoms with E-state index in [4.69, 9.17) is 9.84 Å². The summed E-state index contributed by atoms with van der Waals surface area (Å²) in [4.78, 5) is 23.0. The summed E-state index contributed by atoms with van der Waals surface area (Å²) in [5.41, 5.74) is 0. The molecular formula is C46H82O4. The Labute approximate surface area is 311 Å². The van der Waals surface area contributed by atoms with Crippen LogP contribution in [0.3, 0.4) is 0 Å². The molecule has 0 rings (SSSR count). The van der Waals surface area contributed by atoms with Gasteiger partial charge < -0.3 is 9.84 Å². The molecule has 0 spiro atoms. The topological polar surface area (TPSA) is 63.6 Å². The second-order valence-corrected chi connectivity index (χ2v) is 14.5. The fraction of sp³-hybridized carbons (Fsp3) is 0.783. The third-order valence-corrected chi connectivity index (χ3v) is 9.53. The molecule has 290 valence electrons. The fourth-order valence-electron chi connectivity index (χ4n) is 6.40. The zero-order valence-electron chi connectivity index (χ0n) is 33.2. The van der Waals surface area contributed by atoms with Crippen molar-refractivity contribution < 1.29 is 19.4 Å². The molecule has 0 aliphatic heterocycles. The zero-order valence-corrected chi connectivity index (χ0v) is 33.2. The minimum Gasteiger partial charge on any atom is -0.481 e. The van der Waals surface area contributed by atoms with E-state index in [0.717, 1.165) is 77.0 Å². The van der Waals surface area contributed by atoms with Crippen LogP contribution in [-0.4, -0.2) is 23.1 Å².